The monoisotopic (exact) mass is 332 g/mol. The largest absolute Gasteiger partial charge is 0.382 e. The summed E-state index contributed by atoms with van der Waals surface area (Å²) >= 11 is 0. The van der Waals surface area contributed by atoms with Crippen LogP contribution >= 0.6 is 0 Å². The normalized spacial score (nSPS) is 20.5. The highest BCUT2D eigenvalue weighted by atomic mass is 16.5. The van der Waals surface area contributed by atoms with E-state index >= 15 is 0 Å². The quantitative estimate of drug-likeness (QED) is 0.781. The molecule has 5 heteroatoms. The zero-order valence-electron chi connectivity index (χ0n) is 15.1. The molecule has 0 radical (unpaired) electrons. The second-order valence-corrected chi connectivity index (χ2v) is 6.60. The third-order valence-electron chi connectivity index (χ3n) is 4.61. The summed E-state index contributed by atoms with van der Waals surface area (Å²) in [4.78, 5) is 26.9. The Morgan fingerprint density at radius 3 is 2.79 bits per heavy atom. The first-order valence-corrected chi connectivity index (χ1v) is 8.66. The highest BCUT2D eigenvalue weighted by Crippen LogP contribution is 2.37. The van der Waals surface area contributed by atoms with Crippen LogP contribution in [0, 0.1) is 13.8 Å². The zero-order chi connectivity index (χ0) is 17.7. The molecule has 0 saturated carbocycles. The van der Waals surface area contributed by atoms with Gasteiger partial charge in [-0.2, -0.15) is 0 Å². The van der Waals surface area contributed by atoms with Crippen LogP contribution < -0.4 is 10.2 Å². The van der Waals surface area contributed by atoms with E-state index in [4.69, 9.17) is 4.74 Å². The molecule has 1 fully saturated rings. The number of carbonyl (C=O) groups is 2. The van der Waals surface area contributed by atoms with Crippen LogP contribution in [-0.2, 0) is 14.3 Å². The molecule has 1 aromatic rings. The van der Waals surface area contributed by atoms with E-state index in [0.717, 1.165) is 23.2 Å². The number of hydrogen-bond donors (Lipinski definition) is 1. The Bertz CT molecular complexity index is 615. The van der Waals surface area contributed by atoms with Gasteiger partial charge in [0.15, 0.2) is 0 Å². The van der Waals surface area contributed by atoms with Crippen LogP contribution in [0.4, 0.5) is 5.69 Å². The van der Waals surface area contributed by atoms with E-state index in [1.807, 2.05) is 45.9 Å². The lowest BCUT2D eigenvalue weighted by Gasteiger charge is -2.35. The molecule has 2 rings (SSSR count). The topological polar surface area (TPSA) is 58.6 Å². The number of rotatable bonds is 7. The van der Waals surface area contributed by atoms with Crippen LogP contribution in [0.3, 0.4) is 0 Å². The number of nitrogens with zero attached hydrogens (tertiary/aromatic N) is 1. The van der Waals surface area contributed by atoms with Gasteiger partial charge in [-0.3, -0.25) is 14.5 Å². The van der Waals surface area contributed by atoms with Gasteiger partial charge in [0, 0.05) is 31.9 Å². The summed E-state index contributed by atoms with van der Waals surface area (Å²) in [7, 11) is 0. The number of nitrogens with one attached hydrogen (secondary N) is 1. The predicted molar refractivity (Wildman–Crippen MR) is 95.2 cm³/mol. The maximum Gasteiger partial charge on any atom is 0.246 e. The molecule has 1 aliphatic rings. The second kappa shape index (κ2) is 7.79. The summed E-state index contributed by atoms with van der Waals surface area (Å²) in [5.74, 6) is -0.0845. The van der Waals surface area contributed by atoms with Crippen molar-refractivity contribution in [3.8, 4) is 0 Å². The summed E-state index contributed by atoms with van der Waals surface area (Å²) in [6.45, 7) is 9.68. The molecule has 1 saturated heterocycles. The van der Waals surface area contributed by atoms with Gasteiger partial charge in [0.05, 0.1) is 0 Å². The van der Waals surface area contributed by atoms with Crippen molar-refractivity contribution in [1.82, 2.24) is 5.32 Å². The number of hydrogen-bond acceptors (Lipinski definition) is 3. The van der Waals surface area contributed by atoms with Gasteiger partial charge in [-0.05, 0) is 52.2 Å². The number of aryl methyl sites for hydroxylation is 2. The summed E-state index contributed by atoms with van der Waals surface area (Å²) in [6, 6.07) is 5.96. The second-order valence-electron chi connectivity index (χ2n) is 6.60. The van der Waals surface area contributed by atoms with E-state index in [-0.39, 0.29) is 11.8 Å². The van der Waals surface area contributed by atoms with Crippen LogP contribution in [-0.4, -0.2) is 37.1 Å². The first-order valence-electron chi connectivity index (χ1n) is 8.66. The van der Waals surface area contributed by atoms with E-state index in [0.29, 0.717) is 32.6 Å². The molecule has 5 nitrogen and oxygen atoms in total. The Balaban J connectivity index is 2.14. The molecule has 0 unspecified atom stereocenters. The molecule has 24 heavy (non-hydrogen) atoms. The molecule has 1 atom stereocenters. The van der Waals surface area contributed by atoms with Crippen molar-refractivity contribution in [1.29, 1.82) is 0 Å². The summed E-state index contributed by atoms with van der Waals surface area (Å²) in [6.07, 6.45) is 1.71. The van der Waals surface area contributed by atoms with Gasteiger partial charge in [-0.15, -0.1) is 0 Å². The smallest absolute Gasteiger partial charge is 0.246 e. The molecule has 1 heterocycles. The molecule has 0 aromatic heterocycles. The van der Waals surface area contributed by atoms with Gasteiger partial charge in [-0.1, -0.05) is 17.7 Å². The Morgan fingerprint density at radius 2 is 2.12 bits per heavy atom. The molecular formula is C19H28N2O3. The summed E-state index contributed by atoms with van der Waals surface area (Å²) in [5, 5.41) is 2.96. The highest BCUT2D eigenvalue weighted by Gasteiger charge is 2.48. The number of benzene rings is 1. The first kappa shape index (κ1) is 18.5. The molecule has 1 N–H and O–H groups in total. The molecule has 1 aromatic carbocycles. The molecule has 2 amide bonds. The van der Waals surface area contributed by atoms with Crippen molar-refractivity contribution < 1.29 is 14.3 Å². The fourth-order valence-electron chi connectivity index (χ4n) is 3.23. The molecule has 0 bridgehead atoms. The van der Waals surface area contributed by atoms with Crippen LogP contribution in [0.25, 0.3) is 0 Å². The van der Waals surface area contributed by atoms with E-state index in [1.54, 1.807) is 4.90 Å². The van der Waals surface area contributed by atoms with E-state index in [1.165, 1.54) is 0 Å². The van der Waals surface area contributed by atoms with Crippen LogP contribution in [0.5, 0.6) is 0 Å². The van der Waals surface area contributed by atoms with E-state index in [2.05, 4.69) is 5.32 Å². The Hall–Kier alpha value is -1.88. The Labute approximate surface area is 144 Å². The molecular weight excluding hydrogens is 304 g/mol. The van der Waals surface area contributed by atoms with E-state index in [9.17, 15) is 9.59 Å². The zero-order valence-corrected chi connectivity index (χ0v) is 15.1. The number of carbonyl (C=O) groups excluding carboxylic acids is 2. The van der Waals surface area contributed by atoms with Crippen molar-refractivity contribution in [2.75, 3.05) is 24.7 Å². The molecule has 0 aliphatic carbocycles. The SMILES string of the molecule is CCOCCCNC(=O)[C@]1(C)CCC(=O)N1c1ccc(C)cc1C. The minimum absolute atomic E-state index is 0.00826. The molecule has 132 valence electrons. The lowest BCUT2D eigenvalue weighted by atomic mass is 9.96. The maximum atomic E-state index is 12.8. The highest BCUT2D eigenvalue weighted by molar-refractivity contribution is 6.06. The molecule has 1 aliphatic heterocycles. The van der Waals surface area contributed by atoms with Crippen LogP contribution in [0.15, 0.2) is 18.2 Å². The maximum absolute atomic E-state index is 12.8. The average molecular weight is 332 g/mol. The Kier molecular flexibility index (Phi) is 5.99. The lowest BCUT2D eigenvalue weighted by Crippen LogP contribution is -2.55. The first-order chi connectivity index (χ1) is 11.4. The van der Waals surface area contributed by atoms with Gasteiger partial charge in [0.2, 0.25) is 11.8 Å². The van der Waals surface area contributed by atoms with Crippen LogP contribution in [0.1, 0.15) is 44.2 Å². The van der Waals surface area contributed by atoms with Gasteiger partial charge >= 0.3 is 0 Å². The van der Waals surface area contributed by atoms with Gasteiger partial charge in [0.1, 0.15) is 5.54 Å². The van der Waals surface area contributed by atoms with E-state index < -0.39 is 5.54 Å². The predicted octanol–water partition coefficient (Wildman–Crippen LogP) is 2.73. The number of ether oxygens (including phenoxy) is 1. The number of amides is 2. The van der Waals surface area contributed by atoms with Crippen molar-refractivity contribution in [2.45, 2.75) is 52.5 Å². The van der Waals surface area contributed by atoms with Crippen molar-refractivity contribution in [3.63, 3.8) is 0 Å². The molecule has 0 spiro atoms. The van der Waals surface area contributed by atoms with Gasteiger partial charge in [0.25, 0.3) is 0 Å². The summed E-state index contributed by atoms with van der Waals surface area (Å²) < 4.78 is 5.28. The fraction of sp³-hybridized carbons (Fsp3) is 0.579. The minimum atomic E-state index is -0.831. The standard InChI is InChI=1S/C19H28N2O3/c1-5-24-12-6-11-20-18(23)19(4)10-9-17(22)21(19)16-8-7-14(2)13-15(16)3/h7-8,13H,5-6,9-12H2,1-4H3,(H,20,23)/t19-/m0/s1. The van der Waals surface area contributed by atoms with Crippen molar-refractivity contribution >= 4 is 17.5 Å². The van der Waals surface area contributed by atoms with Crippen LogP contribution in [0.2, 0.25) is 0 Å². The summed E-state index contributed by atoms with van der Waals surface area (Å²) in [5.41, 5.74) is 2.16. The third kappa shape index (κ3) is 3.78. The van der Waals surface area contributed by atoms with Gasteiger partial charge in [-0.25, -0.2) is 0 Å². The Morgan fingerprint density at radius 1 is 1.38 bits per heavy atom. The number of anilines is 1. The minimum Gasteiger partial charge on any atom is -0.382 e. The van der Waals surface area contributed by atoms with Crippen molar-refractivity contribution in [3.05, 3.63) is 29.3 Å². The van der Waals surface area contributed by atoms with Crippen molar-refractivity contribution in [2.24, 2.45) is 0 Å². The lowest BCUT2D eigenvalue weighted by molar-refractivity contribution is -0.127. The average Bonchev–Trinajstić information content (AvgIpc) is 2.84. The fourth-order valence-corrected chi connectivity index (χ4v) is 3.23. The van der Waals surface area contributed by atoms with Gasteiger partial charge < -0.3 is 10.1 Å². The third-order valence-corrected chi connectivity index (χ3v) is 4.61.